The number of rotatable bonds is 6. The third-order valence-corrected chi connectivity index (χ3v) is 3.58. The van der Waals surface area contributed by atoms with Gasteiger partial charge in [0.15, 0.2) is 0 Å². The van der Waals surface area contributed by atoms with Gasteiger partial charge in [0.25, 0.3) is 0 Å². The zero-order chi connectivity index (χ0) is 12.8. The quantitative estimate of drug-likeness (QED) is 0.567. The molecule has 1 atom stereocenters. The molecule has 1 heterocycles. The number of thioether (sulfide) groups is 1. The van der Waals surface area contributed by atoms with E-state index in [1.807, 2.05) is 19.9 Å². The fourth-order valence-electron chi connectivity index (χ4n) is 1.71. The van der Waals surface area contributed by atoms with Gasteiger partial charge in [0.1, 0.15) is 6.04 Å². The second-order valence-corrected chi connectivity index (χ2v) is 5.56. The van der Waals surface area contributed by atoms with Crippen LogP contribution in [0.5, 0.6) is 0 Å². The first-order valence-corrected chi connectivity index (χ1v) is 6.98. The Kier molecular flexibility index (Phi) is 5.55. The van der Waals surface area contributed by atoms with Gasteiger partial charge in [0.05, 0.1) is 6.54 Å². The van der Waals surface area contributed by atoms with E-state index in [1.54, 1.807) is 16.7 Å². The van der Waals surface area contributed by atoms with Crippen molar-refractivity contribution in [3.8, 4) is 0 Å². The zero-order valence-electron chi connectivity index (χ0n) is 10.4. The van der Waals surface area contributed by atoms with Gasteiger partial charge in [-0.1, -0.05) is 19.9 Å². The van der Waals surface area contributed by atoms with E-state index in [0.29, 0.717) is 6.54 Å². The topological polar surface area (TPSA) is 49.4 Å². The van der Waals surface area contributed by atoms with Gasteiger partial charge < -0.3 is 10.2 Å². The van der Waals surface area contributed by atoms with E-state index >= 15 is 0 Å². The summed E-state index contributed by atoms with van der Waals surface area (Å²) in [5.74, 6) is 1.84. The standard InChI is InChI=1S/C12H20N2O2S/c1-4-6-17-7-5-14-8-10(15)13-11(9(2)3)12(14)16/h4,9,11H,1,5-8H2,2-3H3,(H,13,15). The molecular weight excluding hydrogens is 236 g/mol. The van der Waals surface area contributed by atoms with E-state index in [0.717, 1.165) is 11.5 Å². The molecule has 1 saturated heterocycles. The summed E-state index contributed by atoms with van der Waals surface area (Å²) < 4.78 is 0. The number of nitrogens with zero attached hydrogens (tertiary/aromatic N) is 1. The van der Waals surface area contributed by atoms with Crippen LogP contribution in [0.2, 0.25) is 0 Å². The molecule has 0 aromatic carbocycles. The van der Waals surface area contributed by atoms with E-state index in [1.165, 1.54) is 0 Å². The first-order chi connectivity index (χ1) is 8.06. The van der Waals surface area contributed by atoms with Gasteiger partial charge in [-0.3, -0.25) is 9.59 Å². The Morgan fingerprint density at radius 1 is 1.59 bits per heavy atom. The fourth-order valence-corrected chi connectivity index (χ4v) is 2.39. The average Bonchev–Trinajstić information content (AvgIpc) is 2.28. The van der Waals surface area contributed by atoms with Crippen LogP contribution in [0.25, 0.3) is 0 Å². The molecule has 1 N–H and O–H groups in total. The van der Waals surface area contributed by atoms with Crippen molar-refractivity contribution in [2.24, 2.45) is 5.92 Å². The van der Waals surface area contributed by atoms with Crippen LogP contribution < -0.4 is 5.32 Å². The Bertz CT molecular complexity index is 305. The summed E-state index contributed by atoms with van der Waals surface area (Å²) in [5, 5.41) is 2.74. The maximum atomic E-state index is 12.1. The van der Waals surface area contributed by atoms with Crippen molar-refractivity contribution in [3.05, 3.63) is 12.7 Å². The monoisotopic (exact) mass is 256 g/mol. The van der Waals surface area contributed by atoms with Crippen LogP contribution in [0.3, 0.4) is 0 Å². The predicted molar refractivity (Wildman–Crippen MR) is 70.9 cm³/mol. The summed E-state index contributed by atoms with van der Waals surface area (Å²) in [5.41, 5.74) is 0. The lowest BCUT2D eigenvalue weighted by atomic mass is 10.0. The molecular formula is C12H20N2O2S. The predicted octanol–water partition coefficient (Wildman–Crippen LogP) is 0.889. The highest BCUT2D eigenvalue weighted by atomic mass is 32.2. The molecule has 4 nitrogen and oxygen atoms in total. The first kappa shape index (κ1) is 14.1. The Hall–Kier alpha value is -0.970. The number of nitrogens with one attached hydrogen (secondary N) is 1. The minimum absolute atomic E-state index is 0.0406. The summed E-state index contributed by atoms with van der Waals surface area (Å²) in [7, 11) is 0. The average molecular weight is 256 g/mol. The van der Waals surface area contributed by atoms with E-state index in [4.69, 9.17) is 0 Å². The van der Waals surface area contributed by atoms with Crippen LogP contribution in [-0.2, 0) is 9.59 Å². The highest BCUT2D eigenvalue weighted by Crippen LogP contribution is 2.11. The highest BCUT2D eigenvalue weighted by Gasteiger charge is 2.33. The van der Waals surface area contributed by atoms with Crippen molar-refractivity contribution in [1.29, 1.82) is 0 Å². The zero-order valence-corrected chi connectivity index (χ0v) is 11.3. The van der Waals surface area contributed by atoms with E-state index < -0.39 is 0 Å². The lowest BCUT2D eigenvalue weighted by Crippen LogP contribution is -2.60. The van der Waals surface area contributed by atoms with Crippen LogP contribution in [0, 0.1) is 5.92 Å². The molecule has 2 amide bonds. The maximum Gasteiger partial charge on any atom is 0.245 e. The maximum absolute atomic E-state index is 12.1. The molecule has 1 rings (SSSR count). The number of piperazine rings is 1. The third-order valence-electron chi connectivity index (χ3n) is 2.64. The summed E-state index contributed by atoms with van der Waals surface area (Å²) in [4.78, 5) is 25.2. The molecule has 0 aliphatic carbocycles. The normalized spacial score (nSPS) is 20.6. The molecule has 1 aliphatic rings. The minimum atomic E-state index is -0.361. The van der Waals surface area contributed by atoms with Crippen molar-refractivity contribution >= 4 is 23.6 Å². The van der Waals surface area contributed by atoms with Crippen LogP contribution in [-0.4, -0.2) is 47.4 Å². The molecule has 1 aliphatic heterocycles. The molecule has 0 saturated carbocycles. The number of carbonyl (C=O) groups excluding carboxylic acids is 2. The van der Waals surface area contributed by atoms with Crippen molar-refractivity contribution in [2.75, 3.05) is 24.6 Å². The molecule has 0 aromatic heterocycles. The smallest absolute Gasteiger partial charge is 0.245 e. The van der Waals surface area contributed by atoms with Gasteiger partial charge >= 0.3 is 0 Å². The van der Waals surface area contributed by atoms with E-state index in [-0.39, 0.29) is 30.3 Å². The molecule has 0 spiro atoms. The third kappa shape index (κ3) is 4.07. The van der Waals surface area contributed by atoms with Crippen LogP contribution in [0.15, 0.2) is 12.7 Å². The number of amides is 2. The second-order valence-electron chi connectivity index (χ2n) is 4.41. The molecule has 5 heteroatoms. The number of hydrogen-bond acceptors (Lipinski definition) is 3. The fraction of sp³-hybridized carbons (Fsp3) is 0.667. The van der Waals surface area contributed by atoms with Crippen molar-refractivity contribution in [2.45, 2.75) is 19.9 Å². The lowest BCUT2D eigenvalue weighted by Gasteiger charge is -2.34. The Morgan fingerprint density at radius 2 is 2.29 bits per heavy atom. The molecule has 17 heavy (non-hydrogen) atoms. The Morgan fingerprint density at radius 3 is 2.88 bits per heavy atom. The molecule has 0 bridgehead atoms. The van der Waals surface area contributed by atoms with Gasteiger partial charge in [-0.05, 0) is 5.92 Å². The molecule has 96 valence electrons. The number of carbonyl (C=O) groups is 2. The SMILES string of the molecule is C=CCSCCN1CC(=O)NC(C(C)C)C1=O. The van der Waals surface area contributed by atoms with E-state index in [9.17, 15) is 9.59 Å². The first-order valence-electron chi connectivity index (χ1n) is 5.83. The van der Waals surface area contributed by atoms with Crippen molar-refractivity contribution < 1.29 is 9.59 Å². The number of hydrogen-bond donors (Lipinski definition) is 1. The molecule has 0 aromatic rings. The van der Waals surface area contributed by atoms with E-state index in [2.05, 4.69) is 11.9 Å². The van der Waals surface area contributed by atoms with Crippen molar-refractivity contribution in [3.63, 3.8) is 0 Å². The minimum Gasteiger partial charge on any atom is -0.343 e. The highest BCUT2D eigenvalue weighted by molar-refractivity contribution is 7.99. The Labute approximate surface area is 107 Å². The second kappa shape index (κ2) is 6.69. The van der Waals surface area contributed by atoms with Gasteiger partial charge in [-0.15, -0.1) is 6.58 Å². The van der Waals surface area contributed by atoms with Crippen molar-refractivity contribution in [1.82, 2.24) is 10.2 Å². The lowest BCUT2D eigenvalue weighted by molar-refractivity contribution is -0.145. The van der Waals surface area contributed by atoms with Crippen LogP contribution >= 0.6 is 11.8 Å². The van der Waals surface area contributed by atoms with Crippen LogP contribution in [0.4, 0.5) is 0 Å². The van der Waals surface area contributed by atoms with Gasteiger partial charge in [0, 0.05) is 18.1 Å². The van der Waals surface area contributed by atoms with Gasteiger partial charge in [-0.2, -0.15) is 11.8 Å². The molecule has 1 unspecified atom stereocenters. The van der Waals surface area contributed by atoms with Gasteiger partial charge in [0.2, 0.25) is 11.8 Å². The van der Waals surface area contributed by atoms with Gasteiger partial charge in [-0.25, -0.2) is 0 Å². The largest absolute Gasteiger partial charge is 0.343 e. The Balaban J connectivity index is 2.49. The summed E-state index contributed by atoms with van der Waals surface area (Å²) >= 11 is 1.72. The molecule has 1 fully saturated rings. The van der Waals surface area contributed by atoms with Crippen LogP contribution in [0.1, 0.15) is 13.8 Å². The summed E-state index contributed by atoms with van der Waals surface area (Å²) in [6.07, 6.45) is 1.84. The summed E-state index contributed by atoms with van der Waals surface area (Å²) in [6, 6.07) is -0.361. The summed E-state index contributed by atoms with van der Waals surface area (Å²) in [6.45, 7) is 8.35. The molecule has 0 radical (unpaired) electrons.